The van der Waals surface area contributed by atoms with Crippen molar-refractivity contribution in [2.24, 2.45) is 5.92 Å². The van der Waals surface area contributed by atoms with Crippen LogP contribution in [0.15, 0.2) is 24.3 Å². The van der Waals surface area contributed by atoms with Crippen LogP contribution in [0.5, 0.6) is 0 Å². The van der Waals surface area contributed by atoms with Crippen LogP contribution in [-0.4, -0.2) is 25.0 Å². The molecule has 0 aromatic heterocycles. The number of anilines is 1. The molecule has 1 aromatic rings. The molecule has 1 fully saturated rings. The summed E-state index contributed by atoms with van der Waals surface area (Å²) >= 11 is 0. The van der Waals surface area contributed by atoms with Crippen molar-refractivity contribution >= 4 is 11.6 Å². The van der Waals surface area contributed by atoms with Gasteiger partial charge in [-0.05, 0) is 50.4 Å². The third-order valence-corrected chi connectivity index (χ3v) is 4.10. The molecule has 2 aliphatic heterocycles. The van der Waals surface area contributed by atoms with E-state index in [1.165, 1.54) is 5.56 Å². The maximum absolute atomic E-state index is 12.5. The summed E-state index contributed by atoms with van der Waals surface area (Å²) in [5.41, 5.74) is 2.43. The van der Waals surface area contributed by atoms with Gasteiger partial charge in [0.05, 0.1) is 0 Å². The number of fused-ring (bicyclic) bond motifs is 1. The predicted molar refractivity (Wildman–Crippen MR) is 72.7 cm³/mol. The normalized spacial score (nSPS) is 26.4. The predicted octanol–water partition coefficient (Wildman–Crippen LogP) is 1.96. The van der Waals surface area contributed by atoms with Gasteiger partial charge >= 0.3 is 0 Å². The highest BCUT2D eigenvalue weighted by Crippen LogP contribution is 2.33. The first-order valence-electron chi connectivity index (χ1n) is 6.86. The fraction of sp³-hybridized carbons (Fsp3) is 0.533. The Morgan fingerprint density at radius 2 is 2.28 bits per heavy atom. The summed E-state index contributed by atoms with van der Waals surface area (Å²) in [5, 5.41) is 3.33. The summed E-state index contributed by atoms with van der Waals surface area (Å²) < 4.78 is 0. The van der Waals surface area contributed by atoms with Crippen molar-refractivity contribution in [2.45, 2.75) is 32.2 Å². The van der Waals surface area contributed by atoms with Crippen molar-refractivity contribution in [2.75, 3.05) is 18.0 Å². The third-order valence-electron chi connectivity index (χ3n) is 4.10. The molecule has 1 aromatic carbocycles. The molecule has 3 nitrogen and oxygen atoms in total. The average molecular weight is 244 g/mol. The van der Waals surface area contributed by atoms with Crippen LogP contribution in [0.2, 0.25) is 0 Å². The van der Waals surface area contributed by atoms with Gasteiger partial charge in [-0.15, -0.1) is 0 Å². The Bertz CT molecular complexity index is 452. The Morgan fingerprint density at radius 1 is 1.44 bits per heavy atom. The lowest BCUT2D eigenvalue weighted by Gasteiger charge is -2.24. The summed E-state index contributed by atoms with van der Waals surface area (Å²) in [4.78, 5) is 14.5. The van der Waals surface area contributed by atoms with Crippen LogP contribution < -0.4 is 10.2 Å². The van der Waals surface area contributed by atoms with Crippen LogP contribution in [-0.2, 0) is 11.2 Å². The number of para-hydroxylation sites is 1. The van der Waals surface area contributed by atoms with Gasteiger partial charge in [0.15, 0.2) is 0 Å². The van der Waals surface area contributed by atoms with E-state index in [-0.39, 0.29) is 0 Å². The first-order chi connectivity index (χ1) is 8.75. The molecular weight excluding hydrogens is 224 g/mol. The van der Waals surface area contributed by atoms with E-state index in [4.69, 9.17) is 0 Å². The average Bonchev–Trinajstić information content (AvgIpc) is 2.94. The fourth-order valence-corrected chi connectivity index (χ4v) is 3.18. The van der Waals surface area contributed by atoms with Crippen molar-refractivity contribution < 1.29 is 4.79 Å². The minimum Gasteiger partial charge on any atom is -0.316 e. The standard InChI is InChI=1S/C15H20N2O/c1-11-8-13-4-2-3-5-14(13)17(11)15(18)9-12-6-7-16-10-12/h2-5,11-12,16H,6-10H2,1H3. The molecule has 0 spiro atoms. The van der Waals surface area contributed by atoms with E-state index in [2.05, 4.69) is 30.4 Å². The van der Waals surface area contributed by atoms with Crippen LogP contribution >= 0.6 is 0 Å². The minimum absolute atomic E-state index is 0.293. The van der Waals surface area contributed by atoms with Crippen molar-refractivity contribution in [1.29, 1.82) is 0 Å². The van der Waals surface area contributed by atoms with Gasteiger partial charge in [-0.2, -0.15) is 0 Å². The van der Waals surface area contributed by atoms with Crippen molar-refractivity contribution in [3.63, 3.8) is 0 Å². The molecule has 0 bridgehead atoms. The number of carbonyl (C=O) groups excluding carboxylic acids is 1. The summed E-state index contributed by atoms with van der Waals surface area (Å²) in [6.45, 7) is 4.20. The Labute approximate surface area is 108 Å². The molecule has 1 N–H and O–H groups in total. The van der Waals surface area contributed by atoms with Gasteiger partial charge in [0, 0.05) is 18.2 Å². The molecule has 96 valence electrons. The molecule has 0 aliphatic carbocycles. The molecule has 1 saturated heterocycles. The Kier molecular flexibility index (Phi) is 3.08. The molecule has 2 aliphatic rings. The number of nitrogens with one attached hydrogen (secondary N) is 1. The molecule has 18 heavy (non-hydrogen) atoms. The summed E-state index contributed by atoms with van der Waals surface area (Å²) in [6, 6.07) is 8.60. The second kappa shape index (κ2) is 4.73. The van der Waals surface area contributed by atoms with Crippen LogP contribution in [0, 0.1) is 5.92 Å². The van der Waals surface area contributed by atoms with Crippen LogP contribution in [0.3, 0.4) is 0 Å². The van der Waals surface area contributed by atoms with Gasteiger partial charge in [0.1, 0.15) is 0 Å². The van der Waals surface area contributed by atoms with E-state index in [0.29, 0.717) is 24.3 Å². The van der Waals surface area contributed by atoms with E-state index in [9.17, 15) is 4.79 Å². The van der Waals surface area contributed by atoms with Gasteiger partial charge in [-0.25, -0.2) is 0 Å². The van der Waals surface area contributed by atoms with E-state index in [1.807, 2.05) is 11.0 Å². The fourth-order valence-electron chi connectivity index (χ4n) is 3.18. The lowest BCUT2D eigenvalue weighted by atomic mass is 10.0. The maximum atomic E-state index is 12.5. The first-order valence-corrected chi connectivity index (χ1v) is 6.86. The zero-order valence-electron chi connectivity index (χ0n) is 10.9. The number of carbonyl (C=O) groups is 1. The summed E-state index contributed by atoms with van der Waals surface area (Å²) in [7, 11) is 0. The molecule has 0 saturated carbocycles. The monoisotopic (exact) mass is 244 g/mol. The number of hydrogen-bond donors (Lipinski definition) is 1. The van der Waals surface area contributed by atoms with Gasteiger partial charge in [-0.3, -0.25) is 4.79 Å². The third kappa shape index (κ3) is 2.03. The van der Waals surface area contributed by atoms with E-state index >= 15 is 0 Å². The molecular formula is C15H20N2O. The van der Waals surface area contributed by atoms with Crippen LogP contribution in [0.4, 0.5) is 5.69 Å². The minimum atomic E-state index is 0.293. The van der Waals surface area contributed by atoms with E-state index in [0.717, 1.165) is 31.6 Å². The van der Waals surface area contributed by atoms with Crippen LogP contribution in [0.25, 0.3) is 0 Å². The van der Waals surface area contributed by atoms with Gasteiger partial charge < -0.3 is 10.2 Å². The second-order valence-corrected chi connectivity index (χ2v) is 5.51. The highest BCUT2D eigenvalue weighted by Gasteiger charge is 2.31. The number of nitrogens with zero attached hydrogens (tertiary/aromatic N) is 1. The summed E-state index contributed by atoms with van der Waals surface area (Å²) in [6.07, 6.45) is 2.81. The molecule has 3 heteroatoms. The molecule has 2 unspecified atom stereocenters. The van der Waals surface area contributed by atoms with Crippen molar-refractivity contribution in [3.8, 4) is 0 Å². The van der Waals surface area contributed by atoms with Gasteiger partial charge in [0.2, 0.25) is 5.91 Å². The quantitative estimate of drug-likeness (QED) is 0.862. The Hall–Kier alpha value is -1.35. The second-order valence-electron chi connectivity index (χ2n) is 5.51. The molecule has 1 amide bonds. The topological polar surface area (TPSA) is 32.3 Å². The van der Waals surface area contributed by atoms with Gasteiger partial charge in [-0.1, -0.05) is 18.2 Å². The highest BCUT2D eigenvalue weighted by molar-refractivity contribution is 5.96. The number of hydrogen-bond acceptors (Lipinski definition) is 2. The SMILES string of the molecule is CC1Cc2ccccc2N1C(=O)CC1CCNC1. The zero-order chi connectivity index (χ0) is 12.5. The first kappa shape index (κ1) is 11.7. The van der Waals surface area contributed by atoms with E-state index < -0.39 is 0 Å². The van der Waals surface area contributed by atoms with Crippen molar-refractivity contribution in [3.05, 3.63) is 29.8 Å². The maximum Gasteiger partial charge on any atom is 0.227 e. The smallest absolute Gasteiger partial charge is 0.227 e. The Balaban J connectivity index is 1.77. The number of benzene rings is 1. The van der Waals surface area contributed by atoms with Crippen LogP contribution in [0.1, 0.15) is 25.3 Å². The lowest BCUT2D eigenvalue weighted by Crippen LogP contribution is -2.37. The van der Waals surface area contributed by atoms with Crippen molar-refractivity contribution in [1.82, 2.24) is 5.32 Å². The highest BCUT2D eigenvalue weighted by atomic mass is 16.2. The largest absolute Gasteiger partial charge is 0.316 e. The molecule has 2 atom stereocenters. The Morgan fingerprint density at radius 3 is 3.06 bits per heavy atom. The van der Waals surface area contributed by atoms with Gasteiger partial charge in [0.25, 0.3) is 0 Å². The molecule has 3 rings (SSSR count). The zero-order valence-corrected chi connectivity index (χ0v) is 10.9. The molecule has 2 heterocycles. The molecule has 0 radical (unpaired) electrons. The summed E-state index contributed by atoms with van der Waals surface area (Å²) in [5.74, 6) is 0.818. The number of rotatable bonds is 2. The number of amides is 1. The van der Waals surface area contributed by atoms with E-state index in [1.54, 1.807) is 0 Å². The lowest BCUT2D eigenvalue weighted by molar-refractivity contribution is -0.119.